The van der Waals surface area contributed by atoms with Crippen LogP contribution in [0.25, 0.3) is 0 Å². The van der Waals surface area contributed by atoms with Gasteiger partial charge in [-0.25, -0.2) is 0 Å². The van der Waals surface area contributed by atoms with Crippen LogP contribution in [-0.4, -0.2) is 9.78 Å². The first-order valence-electron chi connectivity index (χ1n) is 8.13. The lowest BCUT2D eigenvalue weighted by Crippen LogP contribution is -2.16. The molecule has 1 aliphatic carbocycles. The zero-order chi connectivity index (χ0) is 14.7. The van der Waals surface area contributed by atoms with Crippen LogP contribution in [0.5, 0.6) is 0 Å². The molecule has 1 saturated carbocycles. The Morgan fingerprint density at radius 3 is 2.90 bits per heavy atom. The van der Waals surface area contributed by atoms with Crippen molar-refractivity contribution in [3.63, 3.8) is 0 Å². The minimum atomic E-state index is 0.0784. The van der Waals surface area contributed by atoms with Crippen molar-refractivity contribution in [2.75, 3.05) is 0 Å². The Morgan fingerprint density at radius 2 is 2.14 bits per heavy atom. The minimum absolute atomic E-state index is 0.0784. The molecule has 4 heteroatoms. The summed E-state index contributed by atoms with van der Waals surface area (Å²) >= 11 is 1.78. The summed E-state index contributed by atoms with van der Waals surface area (Å²) in [6.45, 7) is 2.19. The Bertz CT molecular complexity index is 566. The van der Waals surface area contributed by atoms with Gasteiger partial charge in [0.1, 0.15) is 0 Å². The predicted molar refractivity (Wildman–Crippen MR) is 88.7 cm³/mol. The Kier molecular flexibility index (Phi) is 4.76. The third-order valence-corrected chi connectivity index (χ3v) is 5.63. The lowest BCUT2D eigenvalue weighted by Gasteiger charge is -2.21. The first kappa shape index (κ1) is 14.8. The van der Waals surface area contributed by atoms with Gasteiger partial charge in [0.15, 0.2) is 0 Å². The average molecular weight is 303 g/mol. The van der Waals surface area contributed by atoms with Crippen LogP contribution >= 0.6 is 11.3 Å². The summed E-state index contributed by atoms with van der Waals surface area (Å²) in [4.78, 5) is 1.32. The fourth-order valence-electron chi connectivity index (χ4n) is 3.32. The van der Waals surface area contributed by atoms with E-state index in [1.165, 1.54) is 42.5 Å². The fourth-order valence-corrected chi connectivity index (χ4v) is 4.32. The Hall–Kier alpha value is -1.13. The number of nitrogens with zero attached hydrogens (tertiary/aromatic N) is 2. The number of hydrogen-bond acceptors (Lipinski definition) is 3. The summed E-state index contributed by atoms with van der Waals surface area (Å²) < 4.78 is 2.18. The Morgan fingerprint density at radius 1 is 1.33 bits per heavy atom. The minimum Gasteiger partial charge on any atom is -0.323 e. The third-order valence-electron chi connectivity index (χ3n) is 4.54. The number of hydrogen-bond donors (Lipinski definition) is 1. The third kappa shape index (κ3) is 3.38. The summed E-state index contributed by atoms with van der Waals surface area (Å²) in [5, 5.41) is 6.93. The molecule has 2 heterocycles. The Balaban J connectivity index is 1.66. The monoisotopic (exact) mass is 303 g/mol. The van der Waals surface area contributed by atoms with Gasteiger partial charge >= 0.3 is 0 Å². The van der Waals surface area contributed by atoms with Crippen molar-refractivity contribution in [2.45, 2.75) is 64.0 Å². The molecule has 1 atom stereocenters. The van der Waals surface area contributed by atoms with Crippen LogP contribution in [-0.2, 0) is 12.8 Å². The van der Waals surface area contributed by atoms with Gasteiger partial charge in [0.05, 0.1) is 11.7 Å². The fraction of sp³-hybridized carbons (Fsp3) is 0.588. The normalized spacial score (nSPS) is 18.0. The molecule has 21 heavy (non-hydrogen) atoms. The molecular weight excluding hydrogens is 278 g/mol. The maximum Gasteiger partial charge on any atom is 0.0643 e. The van der Waals surface area contributed by atoms with E-state index in [0.29, 0.717) is 6.04 Å². The second kappa shape index (κ2) is 6.75. The van der Waals surface area contributed by atoms with Crippen LogP contribution in [0.15, 0.2) is 23.7 Å². The van der Waals surface area contributed by atoms with Crippen LogP contribution in [0.1, 0.15) is 67.2 Å². The van der Waals surface area contributed by atoms with Crippen LogP contribution < -0.4 is 5.73 Å². The molecule has 0 aromatic carbocycles. The molecule has 0 aliphatic heterocycles. The molecule has 2 N–H and O–H groups in total. The van der Waals surface area contributed by atoms with E-state index in [9.17, 15) is 0 Å². The highest BCUT2D eigenvalue weighted by molar-refractivity contribution is 7.10. The van der Waals surface area contributed by atoms with E-state index in [4.69, 9.17) is 10.8 Å². The molecule has 1 unspecified atom stereocenters. The number of aromatic nitrogens is 2. The molecule has 3 nitrogen and oxygen atoms in total. The number of rotatable bonds is 5. The van der Waals surface area contributed by atoms with Crippen molar-refractivity contribution >= 4 is 11.3 Å². The average Bonchev–Trinajstić information content (AvgIpc) is 3.16. The molecule has 1 fully saturated rings. The highest BCUT2D eigenvalue weighted by Crippen LogP contribution is 2.29. The topological polar surface area (TPSA) is 43.8 Å². The lowest BCUT2D eigenvalue weighted by atomic mass is 9.96. The van der Waals surface area contributed by atoms with E-state index in [-0.39, 0.29) is 6.04 Å². The van der Waals surface area contributed by atoms with Crippen LogP contribution in [0.2, 0.25) is 0 Å². The van der Waals surface area contributed by atoms with Crippen molar-refractivity contribution < 1.29 is 0 Å². The molecule has 114 valence electrons. The van der Waals surface area contributed by atoms with Crippen molar-refractivity contribution in [1.29, 1.82) is 0 Å². The van der Waals surface area contributed by atoms with Gasteiger partial charge in [-0.1, -0.05) is 26.2 Å². The maximum atomic E-state index is 6.40. The summed E-state index contributed by atoms with van der Waals surface area (Å²) in [5.41, 5.74) is 8.91. The van der Waals surface area contributed by atoms with E-state index in [1.807, 2.05) is 0 Å². The van der Waals surface area contributed by atoms with E-state index in [1.54, 1.807) is 11.3 Å². The smallest absolute Gasteiger partial charge is 0.0643 e. The summed E-state index contributed by atoms with van der Waals surface area (Å²) in [7, 11) is 0. The van der Waals surface area contributed by atoms with E-state index in [0.717, 1.165) is 18.5 Å². The zero-order valence-corrected chi connectivity index (χ0v) is 13.6. The molecule has 1 aliphatic rings. The molecule has 2 aromatic heterocycles. The van der Waals surface area contributed by atoms with Crippen molar-refractivity contribution in [2.24, 2.45) is 5.73 Å². The van der Waals surface area contributed by atoms with Crippen LogP contribution in [0.4, 0.5) is 0 Å². The highest BCUT2D eigenvalue weighted by Gasteiger charge is 2.18. The summed E-state index contributed by atoms with van der Waals surface area (Å²) in [5.74, 6) is 0. The molecular formula is C17H25N3S. The molecule has 0 bridgehead atoms. The molecule has 3 rings (SSSR count). The molecule has 2 aromatic rings. The van der Waals surface area contributed by atoms with Gasteiger partial charge < -0.3 is 5.73 Å². The molecule has 0 radical (unpaired) electrons. The Labute approximate surface area is 131 Å². The van der Waals surface area contributed by atoms with E-state index >= 15 is 0 Å². The van der Waals surface area contributed by atoms with Gasteiger partial charge in [0, 0.05) is 23.5 Å². The predicted octanol–water partition coefficient (Wildman–Crippen LogP) is 4.25. The molecule has 0 saturated heterocycles. The zero-order valence-electron chi connectivity index (χ0n) is 12.8. The highest BCUT2D eigenvalue weighted by atomic mass is 32.1. The second-order valence-electron chi connectivity index (χ2n) is 6.05. The van der Waals surface area contributed by atoms with Crippen molar-refractivity contribution in [3.8, 4) is 0 Å². The molecule has 0 amide bonds. The van der Waals surface area contributed by atoms with Crippen molar-refractivity contribution in [1.82, 2.24) is 9.78 Å². The standard InChI is InChI=1S/C17H25N3S/c1-2-13-9-11-21-17(13)16(18)12-14-8-10-20(19-14)15-6-4-3-5-7-15/h8-11,15-16H,2-7,12,18H2,1H3. The molecule has 0 spiro atoms. The number of aryl methyl sites for hydroxylation is 1. The maximum absolute atomic E-state index is 6.40. The summed E-state index contributed by atoms with van der Waals surface area (Å²) in [6.07, 6.45) is 10.7. The second-order valence-corrected chi connectivity index (χ2v) is 7.00. The van der Waals surface area contributed by atoms with Crippen LogP contribution in [0, 0.1) is 0 Å². The SMILES string of the molecule is CCc1ccsc1C(N)Cc1ccn(C2CCCCC2)n1. The van der Waals surface area contributed by atoms with Gasteiger partial charge in [-0.2, -0.15) is 5.10 Å². The number of thiophene rings is 1. The van der Waals surface area contributed by atoms with Gasteiger partial charge in [-0.05, 0) is 42.3 Å². The van der Waals surface area contributed by atoms with Crippen LogP contribution in [0.3, 0.4) is 0 Å². The first-order valence-corrected chi connectivity index (χ1v) is 9.01. The summed E-state index contributed by atoms with van der Waals surface area (Å²) in [6, 6.07) is 5.03. The number of nitrogens with two attached hydrogens (primary N) is 1. The lowest BCUT2D eigenvalue weighted by molar-refractivity contribution is 0.328. The van der Waals surface area contributed by atoms with E-state index < -0.39 is 0 Å². The quantitative estimate of drug-likeness (QED) is 0.897. The first-order chi connectivity index (χ1) is 10.3. The van der Waals surface area contributed by atoms with Gasteiger partial charge in [0.2, 0.25) is 0 Å². The largest absolute Gasteiger partial charge is 0.323 e. The van der Waals surface area contributed by atoms with Crippen molar-refractivity contribution in [3.05, 3.63) is 39.8 Å². The van der Waals surface area contributed by atoms with Gasteiger partial charge in [-0.15, -0.1) is 11.3 Å². The van der Waals surface area contributed by atoms with Gasteiger partial charge in [-0.3, -0.25) is 4.68 Å². The van der Waals surface area contributed by atoms with E-state index in [2.05, 4.69) is 35.3 Å². The van der Waals surface area contributed by atoms with Gasteiger partial charge in [0.25, 0.3) is 0 Å².